The Labute approximate surface area is 133 Å². The van der Waals surface area contributed by atoms with E-state index in [0.717, 1.165) is 40.1 Å². The lowest BCUT2D eigenvalue weighted by molar-refractivity contribution is 0.101. The van der Waals surface area contributed by atoms with E-state index < -0.39 is 0 Å². The Morgan fingerprint density at radius 2 is 2.24 bits per heavy atom. The lowest BCUT2D eigenvalue weighted by Gasteiger charge is -2.08. The average Bonchev–Trinajstić information content (AvgIpc) is 3.06. The Kier molecular flexibility index (Phi) is 3.04. The van der Waals surface area contributed by atoms with Gasteiger partial charge in [0.2, 0.25) is 0 Å². The second kappa shape index (κ2) is 4.92. The average molecular weight is 363 g/mol. The number of amides is 1. The van der Waals surface area contributed by atoms with Crippen LogP contribution >= 0.6 is 27.7 Å². The first-order valence-electron chi connectivity index (χ1n) is 6.62. The van der Waals surface area contributed by atoms with Crippen LogP contribution in [0, 0.1) is 0 Å². The molecule has 106 valence electrons. The van der Waals surface area contributed by atoms with Gasteiger partial charge in [0.15, 0.2) is 0 Å². The summed E-state index contributed by atoms with van der Waals surface area (Å²) in [5, 5.41) is 2.95. The number of fused-ring (bicyclic) bond motifs is 1. The minimum absolute atomic E-state index is 0.117. The Balaban J connectivity index is 1.68. The fourth-order valence-corrected chi connectivity index (χ4v) is 3.36. The van der Waals surface area contributed by atoms with E-state index in [9.17, 15) is 4.79 Å². The number of halogens is 1. The quantitative estimate of drug-likeness (QED) is 0.769. The molecule has 1 fully saturated rings. The smallest absolute Gasteiger partial charge is 0.272 e. The number of carbonyl (C=O) groups excluding carboxylic acids is 1. The normalized spacial score (nSPS) is 14.5. The van der Waals surface area contributed by atoms with Crippen LogP contribution in [0.25, 0.3) is 11.0 Å². The number of nitrogens with one attached hydrogen (secondary N) is 1. The number of aromatic nitrogens is 3. The third-order valence-electron chi connectivity index (χ3n) is 3.52. The highest BCUT2D eigenvalue weighted by Crippen LogP contribution is 2.37. The van der Waals surface area contributed by atoms with Crippen LogP contribution in [0.4, 0.5) is 5.69 Å². The standard InChI is InChI=1S/C14H11BrN4OS/c15-8-6-12(19(7-8)9-4-5-9)14(20)16-10-2-1-3-11-13(10)18-21-17-11/h1-3,6-7,9H,4-5H2,(H,16,20). The van der Waals surface area contributed by atoms with Crippen LogP contribution in [0.2, 0.25) is 0 Å². The first kappa shape index (κ1) is 13.0. The van der Waals surface area contributed by atoms with Crippen LogP contribution in [0.15, 0.2) is 34.9 Å². The molecule has 0 saturated heterocycles. The van der Waals surface area contributed by atoms with Crippen molar-refractivity contribution in [3.05, 3.63) is 40.6 Å². The summed E-state index contributed by atoms with van der Waals surface area (Å²) in [6, 6.07) is 7.91. The fraction of sp³-hybridized carbons (Fsp3) is 0.214. The molecule has 0 atom stereocenters. The molecule has 2 aromatic heterocycles. The number of hydrogen-bond donors (Lipinski definition) is 1. The molecule has 1 aliphatic rings. The molecule has 7 heteroatoms. The van der Waals surface area contributed by atoms with Gasteiger partial charge in [-0.3, -0.25) is 4.79 Å². The number of anilines is 1. The van der Waals surface area contributed by atoms with E-state index in [2.05, 4.69) is 30.0 Å². The molecule has 1 N–H and O–H groups in total. The van der Waals surface area contributed by atoms with Crippen LogP contribution in [0.1, 0.15) is 29.4 Å². The van der Waals surface area contributed by atoms with Crippen molar-refractivity contribution in [1.82, 2.24) is 13.3 Å². The summed E-state index contributed by atoms with van der Waals surface area (Å²) in [7, 11) is 0. The minimum Gasteiger partial charge on any atom is -0.339 e. The molecule has 2 heterocycles. The Hall–Kier alpha value is -1.73. The summed E-state index contributed by atoms with van der Waals surface area (Å²) in [6.07, 6.45) is 4.23. The second-order valence-corrected chi connectivity index (χ2v) is 6.52. The third kappa shape index (κ3) is 2.36. The van der Waals surface area contributed by atoms with Gasteiger partial charge in [0.1, 0.15) is 16.7 Å². The molecule has 21 heavy (non-hydrogen) atoms. The van der Waals surface area contributed by atoms with Gasteiger partial charge < -0.3 is 9.88 Å². The SMILES string of the molecule is O=C(Nc1cccc2nsnc12)c1cc(Br)cn1C1CC1. The van der Waals surface area contributed by atoms with Crippen molar-refractivity contribution in [2.75, 3.05) is 5.32 Å². The first-order valence-corrected chi connectivity index (χ1v) is 8.15. The van der Waals surface area contributed by atoms with E-state index in [1.807, 2.05) is 35.0 Å². The maximum absolute atomic E-state index is 12.5. The molecule has 1 amide bonds. The molecule has 0 aliphatic heterocycles. The van der Waals surface area contributed by atoms with Gasteiger partial charge in [-0.05, 0) is 47.0 Å². The van der Waals surface area contributed by atoms with Gasteiger partial charge in [-0.15, -0.1) is 0 Å². The Morgan fingerprint density at radius 1 is 1.38 bits per heavy atom. The largest absolute Gasteiger partial charge is 0.339 e. The summed E-state index contributed by atoms with van der Waals surface area (Å²) in [4.78, 5) is 12.5. The van der Waals surface area contributed by atoms with Gasteiger partial charge in [-0.1, -0.05) is 6.07 Å². The lowest BCUT2D eigenvalue weighted by Crippen LogP contribution is -2.16. The molecular formula is C14H11BrN4OS. The Bertz CT molecular complexity index is 836. The van der Waals surface area contributed by atoms with Crippen molar-refractivity contribution in [2.45, 2.75) is 18.9 Å². The monoisotopic (exact) mass is 362 g/mol. The van der Waals surface area contributed by atoms with Crippen LogP contribution in [-0.2, 0) is 0 Å². The van der Waals surface area contributed by atoms with E-state index >= 15 is 0 Å². The zero-order valence-electron chi connectivity index (χ0n) is 10.9. The molecule has 0 bridgehead atoms. The first-order chi connectivity index (χ1) is 10.2. The molecule has 0 unspecified atom stereocenters. The molecule has 4 rings (SSSR count). The highest BCUT2D eigenvalue weighted by Gasteiger charge is 2.28. The van der Waals surface area contributed by atoms with Gasteiger partial charge in [0.05, 0.1) is 17.4 Å². The van der Waals surface area contributed by atoms with Gasteiger partial charge in [-0.2, -0.15) is 8.75 Å². The van der Waals surface area contributed by atoms with Crippen molar-refractivity contribution >= 4 is 50.3 Å². The second-order valence-electron chi connectivity index (χ2n) is 5.07. The molecule has 3 aromatic rings. The maximum Gasteiger partial charge on any atom is 0.272 e. The van der Waals surface area contributed by atoms with E-state index in [1.54, 1.807) is 0 Å². The van der Waals surface area contributed by atoms with Crippen LogP contribution in [-0.4, -0.2) is 19.2 Å². The van der Waals surface area contributed by atoms with Crippen LogP contribution < -0.4 is 5.32 Å². The molecule has 5 nitrogen and oxygen atoms in total. The molecule has 1 saturated carbocycles. The molecule has 1 aromatic carbocycles. The summed E-state index contributed by atoms with van der Waals surface area (Å²) >= 11 is 4.59. The minimum atomic E-state index is -0.117. The van der Waals surface area contributed by atoms with Gasteiger partial charge in [-0.25, -0.2) is 0 Å². The highest BCUT2D eigenvalue weighted by atomic mass is 79.9. The predicted octanol–water partition coefficient (Wildman–Crippen LogP) is 3.84. The summed E-state index contributed by atoms with van der Waals surface area (Å²) < 4.78 is 11.4. The number of rotatable bonds is 3. The summed E-state index contributed by atoms with van der Waals surface area (Å²) in [5.41, 5.74) is 2.91. The van der Waals surface area contributed by atoms with E-state index in [1.165, 1.54) is 0 Å². The molecule has 0 radical (unpaired) electrons. The van der Waals surface area contributed by atoms with Crippen molar-refractivity contribution in [2.24, 2.45) is 0 Å². The zero-order chi connectivity index (χ0) is 14.4. The number of nitrogens with zero attached hydrogens (tertiary/aromatic N) is 3. The number of carbonyl (C=O) groups is 1. The lowest BCUT2D eigenvalue weighted by atomic mass is 10.2. The highest BCUT2D eigenvalue weighted by molar-refractivity contribution is 9.10. The van der Waals surface area contributed by atoms with Gasteiger partial charge in [0.25, 0.3) is 5.91 Å². The zero-order valence-corrected chi connectivity index (χ0v) is 13.3. The van der Waals surface area contributed by atoms with E-state index in [-0.39, 0.29) is 5.91 Å². The van der Waals surface area contributed by atoms with Crippen molar-refractivity contribution in [3.8, 4) is 0 Å². The maximum atomic E-state index is 12.5. The van der Waals surface area contributed by atoms with Crippen molar-refractivity contribution < 1.29 is 4.79 Å². The van der Waals surface area contributed by atoms with Crippen LogP contribution in [0.3, 0.4) is 0 Å². The van der Waals surface area contributed by atoms with Crippen molar-refractivity contribution in [1.29, 1.82) is 0 Å². The summed E-state index contributed by atoms with van der Waals surface area (Å²) in [6.45, 7) is 0. The van der Waals surface area contributed by atoms with E-state index in [4.69, 9.17) is 0 Å². The van der Waals surface area contributed by atoms with E-state index in [0.29, 0.717) is 17.4 Å². The van der Waals surface area contributed by atoms with Crippen LogP contribution in [0.5, 0.6) is 0 Å². The van der Waals surface area contributed by atoms with Crippen molar-refractivity contribution in [3.63, 3.8) is 0 Å². The number of hydrogen-bond acceptors (Lipinski definition) is 4. The third-order valence-corrected chi connectivity index (χ3v) is 4.50. The predicted molar refractivity (Wildman–Crippen MR) is 85.8 cm³/mol. The van der Waals surface area contributed by atoms with Gasteiger partial charge in [0, 0.05) is 16.7 Å². The Morgan fingerprint density at radius 3 is 3.05 bits per heavy atom. The molecular weight excluding hydrogens is 352 g/mol. The number of benzene rings is 1. The topological polar surface area (TPSA) is 59.8 Å². The summed E-state index contributed by atoms with van der Waals surface area (Å²) in [5.74, 6) is -0.117. The fourth-order valence-electron chi connectivity index (χ4n) is 2.38. The van der Waals surface area contributed by atoms with Gasteiger partial charge >= 0.3 is 0 Å². The molecule has 1 aliphatic carbocycles. The molecule has 0 spiro atoms.